The topological polar surface area (TPSA) is 75.6 Å². The van der Waals surface area contributed by atoms with Crippen molar-refractivity contribution in [3.8, 4) is 5.75 Å². The molecule has 0 spiro atoms. The number of carboxylic acids is 1. The Labute approximate surface area is 125 Å². The number of carbonyl (C=O) groups is 2. The lowest BCUT2D eigenvalue weighted by Crippen LogP contribution is -2.40. The molecule has 0 aliphatic carbocycles. The van der Waals surface area contributed by atoms with Crippen molar-refractivity contribution in [2.75, 3.05) is 7.11 Å². The molecule has 1 rings (SSSR count). The van der Waals surface area contributed by atoms with Crippen LogP contribution in [0, 0.1) is 6.92 Å². The van der Waals surface area contributed by atoms with Gasteiger partial charge < -0.3 is 15.2 Å². The van der Waals surface area contributed by atoms with Crippen LogP contribution in [0.5, 0.6) is 5.75 Å². The van der Waals surface area contributed by atoms with E-state index in [1.54, 1.807) is 14.0 Å². The summed E-state index contributed by atoms with van der Waals surface area (Å²) in [4.78, 5) is 22.5. The molecule has 5 nitrogen and oxygen atoms in total. The zero-order chi connectivity index (χ0) is 15.8. The van der Waals surface area contributed by atoms with Crippen LogP contribution in [0.3, 0.4) is 0 Å². The Morgan fingerprint density at radius 1 is 1.38 bits per heavy atom. The first-order valence-electron chi connectivity index (χ1n) is 7.13. The largest absolute Gasteiger partial charge is 0.496 e. The van der Waals surface area contributed by atoms with E-state index in [1.165, 1.54) is 0 Å². The molecular formula is C16H23NO4. The van der Waals surface area contributed by atoms with Crippen LogP contribution in [0.15, 0.2) is 18.2 Å². The SMILES string of the molecule is CCC(NC(=O)CCCc1ccc(OC)c(C)c1)C(=O)O. The van der Waals surface area contributed by atoms with Gasteiger partial charge in [0.05, 0.1) is 7.11 Å². The summed E-state index contributed by atoms with van der Waals surface area (Å²) in [5, 5.41) is 11.4. The molecule has 1 aromatic rings. The summed E-state index contributed by atoms with van der Waals surface area (Å²) in [6.07, 6.45) is 2.18. The Kier molecular flexibility index (Phi) is 6.72. The third-order valence-electron chi connectivity index (χ3n) is 3.37. The molecule has 0 saturated carbocycles. The molecule has 0 heterocycles. The summed E-state index contributed by atoms with van der Waals surface area (Å²) in [5.74, 6) is -0.352. The summed E-state index contributed by atoms with van der Waals surface area (Å²) in [5.41, 5.74) is 2.21. The van der Waals surface area contributed by atoms with Crippen LogP contribution in [-0.2, 0) is 16.0 Å². The van der Waals surface area contributed by atoms with Crippen LogP contribution in [0.25, 0.3) is 0 Å². The number of methoxy groups -OCH3 is 1. The van der Waals surface area contributed by atoms with E-state index in [2.05, 4.69) is 5.32 Å². The van der Waals surface area contributed by atoms with E-state index in [0.717, 1.165) is 23.3 Å². The maximum absolute atomic E-state index is 11.7. The minimum atomic E-state index is -0.989. The van der Waals surface area contributed by atoms with Gasteiger partial charge in [-0.1, -0.05) is 19.1 Å². The number of aryl methyl sites for hydroxylation is 2. The highest BCUT2D eigenvalue weighted by Crippen LogP contribution is 2.19. The number of hydrogen-bond donors (Lipinski definition) is 2. The quantitative estimate of drug-likeness (QED) is 0.771. The molecule has 5 heteroatoms. The van der Waals surface area contributed by atoms with Crippen LogP contribution in [-0.4, -0.2) is 30.1 Å². The lowest BCUT2D eigenvalue weighted by molar-refractivity contribution is -0.141. The van der Waals surface area contributed by atoms with Crippen molar-refractivity contribution < 1.29 is 19.4 Å². The molecule has 21 heavy (non-hydrogen) atoms. The highest BCUT2D eigenvalue weighted by Gasteiger charge is 2.16. The van der Waals surface area contributed by atoms with Crippen LogP contribution < -0.4 is 10.1 Å². The maximum atomic E-state index is 11.7. The van der Waals surface area contributed by atoms with E-state index in [0.29, 0.717) is 19.3 Å². The highest BCUT2D eigenvalue weighted by molar-refractivity contribution is 5.83. The van der Waals surface area contributed by atoms with Crippen LogP contribution in [0.2, 0.25) is 0 Å². The number of ether oxygens (including phenoxy) is 1. The van der Waals surface area contributed by atoms with E-state index in [-0.39, 0.29) is 5.91 Å². The molecule has 0 fully saturated rings. The number of nitrogens with one attached hydrogen (secondary N) is 1. The van der Waals surface area contributed by atoms with E-state index >= 15 is 0 Å². The van der Waals surface area contributed by atoms with Gasteiger partial charge in [-0.2, -0.15) is 0 Å². The van der Waals surface area contributed by atoms with Gasteiger partial charge in [0.15, 0.2) is 0 Å². The third kappa shape index (κ3) is 5.45. The lowest BCUT2D eigenvalue weighted by atomic mass is 10.0. The molecule has 0 aliphatic heterocycles. The first-order chi connectivity index (χ1) is 9.97. The van der Waals surface area contributed by atoms with Gasteiger partial charge in [0.2, 0.25) is 5.91 Å². The molecule has 2 N–H and O–H groups in total. The van der Waals surface area contributed by atoms with Gasteiger partial charge in [0.25, 0.3) is 0 Å². The fourth-order valence-electron chi connectivity index (χ4n) is 2.15. The third-order valence-corrected chi connectivity index (χ3v) is 3.37. The summed E-state index contributed by atoms with van der Waals surface area (Å²) in [7, 11) is 1.64. The Hall–Kier alpha value is -2.04. The van der Waals surface area contributed by atoms with Crippen molar-refractivity contribution in [2.45, 2.75) is 45.6 Å². The number of hydrogen-bond acceptors (Lipinski definition) is 3. The smallest absolute Gasteiger partial charge is 0.326 e. The van der Waals surface area contributed by atoms with E-state index < -0.39 is 12.0 Å². The molecule has 0 bridgehead atoms. The molecule has 1 aromatic carbocycles. The summed E-state index contributed by atoms with van der Waals surface area (Å²) in [6.45, 7) is 3.72. The van der Waals surface area contributed by atoms with Crippen molar-refractivity contribution >= 4 is 11.9 Å². The van der Waals surface area contributed by atoms with Gasteiger partial charge in [0, 0.05) is 6.42 Å². The molecule has 116 valence electrons. The van der Waals surface area contributed by atoms with E-state index in [1.807, 2.05) is 25.1 Å². The molecule has 1 unspecified atom stereocenters. The molecule has 1 atom stereocenters. The molecule has 1 amide bonds. The van der Waals surface area contributed by atoms with Crippen LogP contribution in [0.4, 0.5) is 0 Å². The zero-order valence-electron chi connectivity index (χ0n) is 12.8. The average Bonchev–Trinajstić information content (AvgIpc) is 2.44. The van der Waals surface area contributed by atoms with Gasteiger partial charge in [-0.3, -0.25) is 4.79 Å². The van der Waals surface area contributed by atoms with E-state index in [9.17, 15) is 9.59 Å². The minimum absolute atomic E-state index is 0.213. The van der Waals surface area contributed by atoms with Gasteiger partial charge in [-0.15, -0.1) is 0 Å². The fraction of sp³-hybridized carbons (Fsp3) is 0.500. The van der Waals surface area contributed by atoms with E-state index in [4.69, 9.17) is 9.84 Å². The average molecular weight is 293 g/mol. The Bertz CT molecular complexity index is 499. The number of carboxylic acid groups (broad SMARTS) is 1. The highest BCUT2D eigenvalue weighted by atomic mass is 16.5. The number of aliphatic carboxylic acids is 1. The van der Waals surface area contributed by atoms with Gasteiger partial charge >= 0.3 is 5.97 Å². The number of amides is 1. The van der Waals surface area contributed by atoms with Gasteiger partial charge in [-0.05, 0) is 43.4 Å². The molecule has 0 saturated heterocycles. The van der Waals surface area contributed by atoms with Crippen LogP contribution >= 0.6 is 0 Å². The maximum Gasteiger partial charge on any atom is 0.326 e. The normalized spacial score (nSPS) is 11.8. The fourth-order valence-corrected chi connectivity index (χ4v) is 2.15. The van der Waals surface area contributed by atoms with Crippen molar-refractivity contribution in [3.05, 3.63) is 29.3 Å². The number of rotatable bonds is 8. The monoisotopic (exact) mass is 293 g/mol. The lowest BCUT2D eigenvalue weighted by Gasteiger charge is -2.12. The second kappa shape index (κ2) is 8.29. The first-order valence-corrected chi connectivity index (χ1v) is 7.13. The van der Waals surface area contributed by atoms with Crippen LogP contribution in [0.1, 0.15) is 37.3 Å². The molecular weight excluding hydrogens is 270 g/mol. The zero-order valence-corrected chi connectivity index (χ0v) is 12.8. The second-order valence-electron chi connectivity index (χ2n) is 5.02. The molecule has 0 aromatic heterocycles. The van der Waals surface area contributed by atoms with Crippen molar-refractivity contribution in [2.24, 2.45) is 0 Å². The minimum Gasteiger partial charge on any atom is -0.496 e. The predicted octanol–water partition coefficient (Wildman–Crippen LogP) is 2.31. The van der Waals surface area contributed by atoms with Gasteiger partial charge in [-0.25, -0.2) is 4.79 Å². The van der Waals surface area contributed by atoms with Crippen molar-refractivity contribution in [3.63, 3.8) is 0 Å². The second-order valence-corrected chi connectivity index (χ2v) is 5.02. The number of benzene rings is 1. The Morgan fingerprint density at radius 3 is 2.62 bits per heavy atom. The Morgan fingerprint density at radius 2 is 2.10 bits per heavy atom. The summed E-state index contributed by atoms with van der Waals surface area (Å²) in [6, 6.07) is 5.15. The van der Waals surface area contributed by atoms with Gasteiger partial charge in [0.1, 0.15) is 11.8 Å². The predicted molar refractivity (Wildman–Crippen MR) is 80.5 cm³/mol. The molecule has 0 aliphatic rings. The van der Waals surface area contributed by atoms with Crippen molar-refractivity contribution in [1.29, 1.82) is 0 Å². The molecule has 0 radical (unpaired) electrons. The summed E-state index contributed by atoms with van der Waals surface area (Å²) >= 11 is 0. The first kappa shape index (κ1) is 17.0. The standard InChI is InChI=1S/C16H23NO4/c1-4-13(16(19)20)17-15(18)7-5-6-12-8-9-14(21-3)11(2)10-12/h8-10,13H,4-7H2,1-3H3,(H,17,18)(H,19,20). The summed E-state index contributed by atoms with van der Waals surface area (Å²) < 4.78 is 5.20. The Balaban J connectivity index is 2.41. The number of carbonyl (C=O) groups excluding carboxylic acids is 1. The van der Waals surface area contributed by atoms with Crippen molar-refractivity contribution in [1.82, 2.24) is 5.32 Å².